The molecule has 0 aliphatic rings. The maximum absolute atomic E-state index is 12.5. The van der Waals surface area contributed by atoms with Gasteiger partial charge in [0.1, 0.15) is 6.61 Å². The van der Waals surface area contributed by atoms with Crippen molar-refractivity contribution in [3.8, 4) is 11.5 Å². The van der Waals surface area contributed by atoms with E-state index >= 15 is 0 Å². The van der Waals surface area contributed by atoms with Crippen molar-refractivity contribution in [3.63, 3.8) is 0 Å². The van der Waals surface area contributed by atoms with Crippen molar-refractivity contribution in [1.82, 2.24) is 14.8 Å². The Bertz CT molecular complexity index is 1060. The van der Waals surface area contributed by atoms with Gasteiger partial charge in [0.05, 0.1) is 12.9 Å². The molecule has 31 heavy (non-hydrogen) atoms. The minimum absolute atomic E-state index is 0.0984. The van der Waals surface area contributed by atoms with Crippen molar-refractivity contribution in [3.05, 3.63) is 72.1 Å². The Labute approximate surface area is 186 Å². The highest BCUT2D eigenvalue weighted by atomic mass is 32.2. The van der Waals surface area contributed by atoms with E-state index in [-0.39, 0.29) is 18.3 Å². The van der Waals surface area contributed by atoms with Crippen LogP contribution in [0.3, 0.4) is 0 Å². The second kappa shape index (κ2) is 10.7. The zero-order valence-electron chi connectivity index (χ0n) is 17.9. The van der Waals surface area contributed by atoms with Gasteiger partial charge in [-0.05, 0) is 43.2 Å². The molecule has 8 heteroatoms. The molecule has 3 rings (SSSR count). The molecular formula is C23H26N4O3S. The topological polar surface area (TPSA) is 78.3 Å². The number of carbonyl (C=O) groups is 1. The molecule has 0 spiro atoms. The molecule has 1 heterocycles. The number of anilines is 1. The molecule has 3 aromatic rings. The van der Waals surface area contributed by atoms with Gasteiger partial charge in [-0.2, -0.15) is 0 Å². The van der Waals surface area contributed by atoms with Crippen LogP contribution in [0.2, 0.25) is 0 Å². The fraction of sp³-hybridized carbons (Fsp3) is 0.261. The smallest absolute Gasteiger partial charge is 0.234 e. The summed E-state index contributed by atoms with van der Waals surface area (Å²) in [5.41, 5.74) is 3.02. The minimum Gasteiger partial charge on any atom is -0.493 e. The molecule has 0 unspecified atom stereocenters. The van der Waals surface area contributed by atoms with E-state index in [4.69, 9.17) is 9.47 Å². The molecule has 7 nitrogen and oxygen atoms in total. The predicted molar refractivity (Wildman–Crippen MR) is 123 cm³/mol. The third-order valence-corrected chi connectivity index (χ3v) is 5.71. The summed E-state index contributed by atoms with van der Waals surface area (Å²) in [7, 11) is 1.60. The fourth-order valence-corrected chi connectivity index (χ4v) is 3.69. The van der Waals surface area contributed by atoms with Crippen LogP contribution in [0.5, 0.6) is 11.5 Å². The normalized spacial score (nSPS) is 10.5. The van der Waals surface area contributed by atoms with Crippen LogP contribution in [0.15, 0.2) is 60.3 Å². The predicted octanol–water partition coefficient (Wildman–Crippen LogP) is 4.40. The average molecular weight is 439 g/mol. The van der Waals surface area contributed by atoms with Crippen LogP contribution in [0.4, 0.5) is 5.69 Å². The standard InChI is InChI=1S/C23H26N4O3S/c1-5-13-27-21(14-30-20-12-7-6-11-19(20)29-4)25-26-23(27)31-15-22(28)24-18-10-8-9-16(2)17(18)3/h5-12H,1,13-15H2,2-4H3,(H,24,28). The maximum Gasteiger partial charge on any atom is 0.234 e. The van der Waals surface area contributed by atoms with Gasteiger partial charge in [0.2, 0.25) is 5.91 Å². The number of para-hydroxylation sites is 2. The third-order valence-electron chi connectivity index (χ3n) is 4.74. The van der Waals surface area contributed by atoms with Gasteiger partial charge in [0, 0.05) is 12.2 Å². The fourth-order valence-electron chi connectivity index (χ4n) is 2.93. The first kappa shape index (κ1) is 22.4. The van der Waals surface area contributed by atoms with Crippen molar-refractivity contribution in [2.75, 3.05) is 18.2 Å². The molecule has 1 N–H and O–H groups in total. The number of amides is 1. The highest BCUT2D eigenvalue weighted by Crippen LogP contribution is 2.27. The number of rotatable bonds is 10. The van der Waals surface area contributed by atoms with Gasteiger partial charge in [-0.1, -0.05) is 42.1 Å². The SMILES string of the molecule is C=CCn1c(COc2ccccc2OC)nnc1SCC(=O)Nc1cccc(C)c1C. The highest BCUT2D eigenvalue weighted by Gasteiger charge is 2.15. The van der Waals surface area contributed by atoms with Crippen LogP contribution < -0.4 is 14.8 Å². The molecule has 0 aliphatic carbocycles. The molecular weight excluding hydrogens is 412 g/mol. The molecule has 0 saturated carbocycles. The molecule has 0 fully saturated rings. The van der Waals surface area contributed by atoms with Gasteiger partial charge >= 0.3 is 0 Å². The van der Waals surface area contributed by atoms with Crippen molar-refractivity contribution < 1.29 is 14.3 Å². The Balaban J connectivity index is 1.65. The summed E-state index contributed by atoms with van der Waals surface area (Å²) in [6.07, 6.45) is 1.76. The maximum atomic E-state index is 12.5. The largest absolute Gasteiger partial charge is 0.493 e. The average Bonchev–Trinajstić information content (AvgIpc) is 3.16. The second-order valence-electron chi connectivity index (χ2n) is 6.82. The number of methoxy groups -OCH3 is 1. The minimum atomic E-state index is -0.0984. The highest BCUT2D eigenvalue weighted by molar-refractivity contribution is 7.99. The van der Waals surface area contributed by atoms with Crippen LogP contribution in [-0.4, -0.2) is 33.5 Å². The van der Waals surface area contributed by atoms with E-state index in [1.165, 1.54) is 11.8 Å². The first-order valence-corrected chi connectivity index (χ1v) is 10.8. The Morgan fingerprint density at radius 3 is 2.68 bits per heavy atom. The van der Waals surface area contributed by atoms with Gasteiger partial charge < -0.3 is 14.8 Å². The molecule has 0 bridgehead atoms. The molecule has 0 atom stereocenters. The van der Waals surface area contributed by atoms with Gasteiger partial charge in [0.25, 0.3) is 0 Å². The number of allylic oxidation sites excluding steroid dienone is 1. The number of thioether (sulfide) groups is 1. The van der Waals surface area contributed by atoms with Crippen LogP contribution >= 0.6 is 11.8 Å². The summed E-state index contributed by atoms with van der Waals surface area (Å²) in [6, 6.07) is 13.3. The van der Waals surface area contributed by atoms with Crippen LogP contribution in [0, 0.1) is 13.8 Å². The Morgan fingerprint density at radius 1 is 1.16 bits per heavy atom. The molecule has 1 aromatic heterocycles. The summed E-state index contributed by atoms with van der Waals surface area (Å²) in [4.78, 5) is 12.5. The van der Waals surface area contributed by atoms with Gasteiger partial charge in [-0.3, -0.25) is 9.36 Å². The number of hydrogen-bond acceptors (Lipinski definition) is 6. The Hall–Kier alpha value is -3.26. The number of nitrogens with zero attached hydrogens (tertiary/aromatic N) is 3. The van der Waals surface area contributed by atoms with E-state index in [1.807, 2.05) is 60.9 Å². The number of aryl methyl sites for hydroxylation is 1. The quantitative estimate of drug-likeness (QED) is 0.373. The van der Waals surface area contributed by atoms with E-state index in [0.29, 0.717) is 29.0 Å². The van der Waals surface area contributed by atoms with Gasteiger partial charge in [0.15, 0.2) is 22.5 Å². The van der Waals surface area contributed by atoms with E-state index in [1.54, 1.807) is 13.2 Å². The molecule has 0 radical (unpaired) electrons. The lowest BCUT2D eigenvalue weighted by molar-refractivity contribution is -0.113. The summed E-state index contributed by atoms with van der Waals surface area (Å²) >= 11 is 1.32. The molecule has 0 saturated heterocycles. The lowest BCUT2D eigenvalue weighted by Gasteiger charge is -2.12. The zero-order valence-corrected chi connectivity index (χ0v) is 18.7. The molecule has 2 aromatic carbocycles. The lowest BCUT2D eigenvalue weighted by atomic mass is 10.1. The van der Waals surface area contributed by atoms with Crippen LogP contribution in [0.25, 0.3) is 0 Å². The lowest BCUT2D eigenvalue weighted by Crippen LogP contribution is -2.16. The first-order valence-electron chi connectivity index (χ1n) is 9.81. The number of carbonyl (C=O) groups excluding carboxylic acids is 1. The van der Waals surface area contributed by atoms with Gasteiger partial charge in [-0.25, -0.2) is 0 Å². The number of ether oxygens (including phenoxy) is 2. The summed E-state index contributed by atoms with van der Waals surface area (Å²) in [5, 5.41) is 12.1. The Morgan fingerprint density at radius 2 is 1.94 bits per heavy atom. The van der Waals surface area contributed by atoms with E-state index in [2.05, 4.69) is 22.1 Å². The summed E-state index contributed by atoms with van der Waals surface area (Å²) in [5.74, 6) is 2.04. The zero-order chi connectivity index (χ0) is 22.2. The molecule has 1 amide bonds. The monoisotopic (exact) mass is 438 g/mol. The van der Waals surface area contributed by atoms with Crippen molar-refractivity contribution in [2.45, 2.75) is 32.2 Å². The van der Waals surface area contributed by atoms with Crippen molar-refractivity contribution in [2.24, 2.45) is 0 Å². The number of nitrogens with one attached hydrogen (secondary N) is 1. The van der Waals surface area contributed by atoms with E-state index < -0.39 is 0 Å². The van der Waals surface area contributed by atoms with Gasteiger partial charge in [-0.15, -0.1) is 16.8 Å². The van der Waals surface area contributed by atoms with Crippen LogP contribution in [-0.2, 0) is 17.9 Å². The van der Waals surface area contributed by atoms with E-state index in [0.717, 1.165) is 16.8 Å². The van der Waals surface area contributed by atoms with Crippen molar-refractivity contribution >= 4 is 23.4 Å². The number of hydrogen-bond donors (Lipinski definition) is 1. The molecule has 0 aliphatic heterocycles. The first-order chi connectivity index (χ1) is 15.0. The summed E-state index contributed by atoms with van der Waals surface area (Å²) < 4.78 is 13.1. The van der Waals surface area contributed by atoms with Crippen molar-refractivity contribution in [1.29, 1.82) is 0 Å². The third kappa shape index (κ3) is 5.67. The molecule has 162 valence electrons. The number of aromatic nitrogens is 3. The van der Waals surface area contributed by atoms with Crippen LogP contribution in [0.1, 0.15) is 17.0 Å². The van der Waals surface area contributed by atoms with E-state index in [9.17, 15) is 4.79 Å². The Kier molecular flexibility index (Phi) is 7.72. The second-order valence-corrected chi connectivity index (χ2v) is 7.76. The number of benzene rings is 2. The summed E-state index contributed by atoms with van der Waals surface area (Å²) in [6.45, 7) is 8.55.